The molecule has 1 N–H and O–H groups in total. The quantitative estimate of drug-likeness (QED) is 0.845. The van der Waals surface area contributed by atoms with Crippen LogP contribution in [0.5, 0.6) is 0 Å². The van der Waals surface area contributed by atoms with Crippen molar-refractivity contribution >= 4 is 16.9 Å². The smallest absolute Gasteiger partial charge is 0.147 e. The minimum absolute atomic E-state index is 0.377. The molecule has 0 spiro atoms. The first kappa shape index (κ1) is 10.8. The van der Waals surface area contributed by atoms with Gasteiger partial charge >= 0.3 is 0 Å². The van der Waals surface area contributed by atoms with Gasteiger partial charge in [0, 0.05) is 13.6 Å². The van der Waals surface area contributed by atoms with Crippen LogP contribution in [0.1, 0.15) is 6.92 Å². The van der Waals surface area contributed by atoms with Gasteiger partial charge in [-0.15, -0.1) is 0 Å². The summed E-state index contributed by atoms with van der Waals surface area (Å²) in [4.78, 5) is 10.7. The van der Waals surface area contributed by atoms with E-state index in [0.717, 1.165) is 16.9 Å². The first-order valence-corrected chi connectivity index (χ1v) is 5.28. The van der Waals surface area contributed by atoms with Crippen molar-refractivity contribution in [3.8, 4) is 0 Å². The third-order valence-corrected chi connectivity index (χ3v) is 2.37. The van der Waals surface area contributed by atoms with Crippen LogP contribution >= 0.6 is 0 Å². The van der Waals surface area contributed by atoms with E-state index in [1.165, 1.54) is 0 Å². The number of hydrogen-bond donors (Lipinski definition) is 1. The molecule has 0 aliphatic carbocycles. The summed E-state index contributed by atoms with van der Waals surface area (Å²) in [5.74, 6) is 0.777. The van der Waals surface area contributed by atoms with E-state index < -0.39 is 0 Å². The molecule has 0 bridgehead atoms. The minimum Gasteiger partial charge on any atom is -0.392 e. The summed E-state index contributed by atoms with van der Waals surface area (Å²) in [6.07, 6.45) is 1.35. The molecule has 1 aromatic carbocycles. The van der Waals surface area contributed by atoms with Gasteiger partial charge in [0.25, 0.3) is 0 Å². The number of aliphatic hydroxyl groups excluding tert-OH is 1. The molecule has 84 valence electrons. The highest BCUT2D eigenvalue weighted by molar-refractivity contribution is 5.75. The Hall–Kier alpha value is -1.68. The fourth-order valence-corrected chi connectivity index (χ4v) is 1.62. The van der Waals surface area contributed by atoms with Crippen molar-refractivity contribution in [1.82, 2.24) is 9.97 Å². The zero-order chi connectivity index (χ0) is 11.5. The molecule has 0 radical (unpaired) electrons. The normalized spacial score (nSPS) is 12.7. The number of aromatic nitrogens is 2. The standard InChI is InChI=1S/C12H15N3O/c1-9(16)8-15(2)12-7-13-10-5-3-4-6-11(10)14-12/h3-7,9,16H,8H2,1-2H3. The fourth-order valence-electron chi connectivity index (χ4n) is 1.62. The van der Waals surface area contributed by atoms with Crippen LogP contribution in [0.4, 0.5) is 5.82 Å². The van der Waals surface area contributed by atoms with Crippen LogP contribution < -0.4 is 4.90 Å². The molecule has 1 unspecified atom stereocenters. The Balaban J connectivity index is 2.32. The van der Waals surface area contributed by atoms with Gasteiger partial charge in [-0.05, 0) is 19.1 Å². The van der Waals surface area contributed by atoms with Gasteiger partial charge in [-0.2, -0.15) is 0 Å². The minimum atomic E-state index is -0.377. The number of hydrogen-bond acceptors (Lipinski definition) is 4. The van der Waals surface area contributed by atoms with E-state index in [9.17, 15) is 5.11 Å². The Labute approximate surface area is 94.6 Å². The largest absolute Gasteiger partial charge is 0.392 e. The van der Waals surface area contributed by atoms with Crippen LogP contribution in [-0.4, -0.2) is 34.8 Å². The zero-order valence-corrected chi connectivity index (χ0v) is 9.46. The van der Waals surface area contributed by atoms with Crippen molar-refractivity contribution in [1.29, 1.82) is 0 Å². The molecule has 4 nitrogen and oxygen atoms in total. The lowest BCUT2D eigenvalue weighted by molar-refractivity contribution is 0.201. The molecule has 1 aromatic heterocycles. The SMILES string of the molecule is CC(O)CN(C)c1cnc2ccccc2n1. The Kier molecular flexibility index (Phi) is 3.01. The number of fused-ring (bicyclic) bond motifs is 1. The van der Waals surface area contributed by atoms with Crippen LogP contribution in [0.15, 0.2) is 30.5 Å². The number of anilines is 1. The number of aliphatic hydroxyl groups is 1. The van der Waals surface area contributed by atoms with E-state index in [1.807, 2.05) is 36.2 Å². The lowest BCUT2D eigenvalue weighted by Gasteiger charge is -2.19. The maximum atomic E-state index is 9.31. The molecule has 0 aliphatic heterocycles. The highest BCUT2D eigenvalue weighted by Gasteiger charge is 2.06. The molecule has 0 aliphatic rings. The van der Waals surface area contributed by atoms with Gasteiger partial charge in [0.15, 0.2) is 0 Å². The van der Waals surface area contributed by atoms with Crippen molar-refractivity contribution in [3.63, 3.8) is 0 Å². The third kappa shape index (κ3) is 2.28. The molecule has 4 heteroatoms. The summed E-state index contributed by atoms with van der Waals surface area (Å²) < 4.78 is 0. The van der Waals surface area contributed by atoms with E-state index in [0.29, 0.717) is 6.54 Å². The van der Waals surface area contributed by atoms with Gasteiger partial charge in [-0.1, -0.05) is 12.1 Å². The predicted octanol–water partition coefficient (Wildman–Crippen LogP) is 1.45. The first-order chi connectivity index (χ1) is 7.66. The van der Waals surface area contributed by atoms with Gasteiger partial charge < -0.3 is 10.0 Å². The summed E-state index contributed by atoms with van der Waals surface area (Å²) in [6.45, 7) is 2.30. The van der Waals surface area contributed by atoms with Crippen LogP contribution in [0, 0.1) is 0 Å². The van der Waals surface area contributed by atoms with Crippen molar-refractivity contribution in [3.05, 3.63) is 30.5 Å². The molecule has 0 saturated heterocycles. The molecule has 1 heterocycles. The topological polar surface area (TPSA) is 49.2 Å². The van der Waals surface area contributed by atoms with E-state index in [1.54, 1.807) is 13.1 Å². The van der Waals surface area contributed by atoms with Crippen LogP contribution in [-0.2, 0) is 0 Å². The summed E-state index contributed by atoms with van der Waals surface area (Å²) >= 11 is 0. The summed E-state index contributed by atoms with van der Waals surface area (Å²) in [7, 11) is 1.89. The Bertz CT molecular complexity index is 484. The average Bonchev–Trinajstić information content (AvgIpc) is 2.27. The van der Waals surface area contributed by atoms with Crippen molar-refractivity contribution in [2.45, 2.75) is 13.0 Å². The highest BCUT2D eigenvalue weighted by atomic mass is 16.3. The second kappa shape index (κ2) is 4.45. The molecule has 2 rings (SSSR count). The van der Waals surface area contributed by atoms with Crippen molar-refractivity contribution < 1.29 is 5.11 Å². The lowest BCUT2D eigenvalue weighted by atomic mass is 10.3. The first-order valence-electron chi connectivity index (χ1n) is 5.28. The Morgan fingerprint density at radius 2 is 2.00 bits per heavy atom. The Morgan fingerprint density at radius 3 is 2.69 bits per heavy atom. The lowest BCUT2D eigenvalue weighted by Crippen LogP contribution is -2.27. The maximum absolute atomic E-state index is 9.31. The summed E-state index contributed by atoms with van der Waals surface area (Å²) in [5.41, 5.74) is 1.76. The molecule has 0 saturated carbocycles. The van der Waals surface area contributed by atoms with Crippen LogP contribution in [0.2, 0.25) is 0 Å². The van der Waals surface area contributed by atoms with Crippen molar-refractivity contribution in [2.24, 2.45) is 0 Å². The summed E-state index contributed by atoms with van der Waals surface area (Å²) in [5, 5.41) is 9.31. The molecule has 1 atom stereocenters. The average molecular weight is 217 g/mol. The molecule has 0 fully saturated rings. The second-order valence-electron chi connectivity index (χ2n) is 3.95. The van der Waals surface area contributed by atoms with Crippen molar-refractivity contribution in [2.75, 3.05) is 18.5 Å². The van der Waals surface area contributed by atoms with Gasteiger partial charge in [-0.25, -0.2) is 4.98 Å². The van der Waals surface area contributed by atoms with E-state index in [-0.39, 0.29) is 6.10 Å². The summed E-state index contributed by atoms with van der Waals surface area (Å²) in [6, 6.07) is 7.74. The third-order valence-electron chi connectivity index (χ3n) is 2.37. The highest BCUT2D eigenvalue weighted by Crippen LogP contribution is 2.14. The van der Waals surface area contributed by atoms with Crippen LogP contribution in [0.25, 0.3) is 11.0 Å². The molecule has 2 aromatic rings. The monoisotopic (exact) mass is 217 g/mol. The van der Waals surface area contributed by atoms with Gasteiger partial charge in [0.1, 0.15) is 5.82 Å². The molecular formula is C12H15N3O. The van der Waals surface area contributed by atoms with E-state index in [2.05, 4.69) is 9.97 Å². The predicted molar refractivity (Wildman–Crippen MR) is 64.5 cm³/mol. The number of nitrogens with zero attached hydrogens (tertiary/aromatic N) is 3. The molecular weight excluding hydrogens is 202 g/mol. The van der Waals surface area contributed by atoms with E-state index in [4.69, 9.17) is 0 Å². The number of likely N-dealkylation sites (N-methyl/N-ethyl adjacent to an activating group) is 1. The number of rotatable bonds is 3. The zero-order valence-electron chi connectivity index (χ0n) is 9.46. The van der Waals surface area contributed by atoms with Gasteiger partial charge in [0.05, 0.1) is 23.3 Å². The van der Waals surface area contributed by atoms with E-state index >= 15 is 0 Å². The number of benzene rings is 1. The van der Waals surface area contributed by atoms with Gasteiger partial charge in [-0.3, -0.25) is 4.98 Å². The fraction of sp³-hybridized carbons (Fsp3) is 0.333. The van der Waals surface area contributed by atoms with Crippen LogP contribution in [0.3, 0.4) is 0 Å². The Morgan fingerprint density at radius 1 is 1.31 bits per heavy atom. The van der Waals surface area contributed by atoms with Gasteiger partial charge in [0.2, 0.25) is 0 Å². The molecule has 0 amide bonds. The maximum Gasteiger partial charge on any atom is 0.147 e. The second-order valence-corrected chi connectivity index (χ2v) is 3.95. The number of para-hydroxylation sites is 2. The molecule has 16 heavy (non-hydrogen) atoms.